The van der Waals surface area contributed by atoms with Crippen LogP contribution in [0.15, 0.2) is 164 Å². The monoisotopic (exact) mass is 547 g/mol. The number of hydrogen-bond acceptors (Lipinski definition) is 1. The Balaban J connectivity index is 1.21. The second-order valence-electron chi connectivity index (χ2n) is 11.7. The van der Waals surface area contributed by atoms with Crippen LogP contribution in [0.2, 0.25) is 0 Å². The third-order valence-electron chi connectivity index (χ3n) is 9.37. The normalized spacial score (nSPS) is 17.1. The highest BCUT2D eigenvalue weighted by Crippen LogP contribution is 2.51. The van der Waals surface area contributed by atoms with Crippen LogP contribution in [0.5, 0.6) is 0 Å². The topological polar surface area (TPSA) is 3.24 Å². The van der Waals surface area contributed by atoms with Gasteiger partial charge < -0.3 is 4.90 Å². The summed E-state index contributed by atoms with van der Waals surface area (Å²) in [5.41, 5.74) is 8.99. The predicted octanol–water partition coefficient (Wildman–Crippen LogP) is 11.2. The van der Waals surface area contributed by atoms with E-state index in [0.29, 0.717) is 5.92 Å². The van der Waals surface area contributed by atoms with Crippen molar-refractivity contribution in [1.82, 2.24) is 0 Å². The number of fused-ring (bicyclic) bond motifs is 9. The Morgan fingerprint density at radius 1 is 0.419 bits per heavy atom. The first-order chi connectivity index (χ1) is 21.3. The first kappa shape index (κ1) is 24.2. The zero-order valence-electron chi connectivity index (χ0n) is 23.7. The van der Waals surface area contributed by atoms with Gasteiger partial charge in [-0.2, -0.15) is 0 Å². The molecule has 7 aromatic rings. The molecule has 7 aromatic carbocycles. The van der Waals surface area contributed by atoms with Gasteiger partial charge in [0.15, 0.2) is 0 Å². The van der Waals surface area contributed by atoms with E-state index in [2.05, 4.69) is 169 Å². The summed E-state index contributed by atoms with van der Waals surface area (Å²) in [5, 5.41) is 7.84. The Hall–Kier alpha value is -5.40. The molecule has 0 bridgehead atoms. The lowest BCUT2D eigenvalue weighted by Crippen LogP contribution is -2.28. The lowest BCUT2D eigenvalue weighted by Gasteiger charge is -2.28. The minimum Gasteiger partial charge on any atom is -0.333 e. The zero-order chi connectivity index (χ0) is 28.3. The summed E-state index contributed by atoms with van der Waals surface area (Å²) in [6, 6.07) is 51.6. The number of benzene rings is 7. The molecule has 0 spiro atoms. The highest BCUT2D eigenvalue weighted by Gasteiger charge is 2.38. The maximum Gasteiger partial charge on any atom is 0.0629 e. The van der Waals surface area contributed by atoms with Gasteiger partial charge in [0.1, 0.15) is 0 Å². The fraction of sp³-hybridized carbons (Fsp3) is 0.0476. The Morgan fingerprint density at radius 3 is 1.79 bits per heavy atom. The van der Waals surface area contributed by atoms with Crippen LogP contribution in [0.4, 0.5) is 11.4 Å². The molecule has 0 aromatic heterocycles. The number of anilines is 2. The molecule has 0 amide bonds. The van der Waals surface area contributed by atoms with Crippen LogP contribution in [0, 0.1) is 0 Å². The lowest BCUT2D eigenvalue weighted by atomic mass is 9.85. The van der Waals surface area contributed by atoms with Gasteiger partial charge in [-0.05, 0) is 90.5 Å². The Kier molecular flexibility index (Phi) is 5.39. The van der Waals surface area contributed by atoms with Gasteiger partial charge in [0.05, 0.1) is 6.04 Å². The molecule has 2 aliphatic rings. The number of nitrogens with zero attached hydrogens (tertiary/aromatic N) is 1. The van der Waals surface area contributed by atoms with E-state index in [1.54, 1.807) is 0 Å². The highest BCUT2D eigenvalue weighted by molar-refractivity contribution is 6.25. The molecule has 2 atom stereocenters. The quantitative estimate of drug-likeness (QED) is 0.199. The Labute approximate surface area is 251 Å². The second-order valence-corrected chi connectivity index (χ2v) is 11.7. The summed E-state index contributed by atoms with van der Waals surface area (Å²) in [5.74, 6) is 0.306. The van der Waals surface area contributed by atoms with Crippen LogP contribution in [0.1, 0.15) is 11.5 Å². The Bertz CT molecular complexity index is 2220. The predicted molar refractivity (Wildman–Crippen MR) is 183 cm³/mol. The van der Waals surface area contributed by atoms with Crippen molar-refractivity contribution in [3.63, 3.8) is 0 Å². The van der Waals surface area contributed by atoms with Crippen LogP contribution in [-0.4, -0.2) is 6.04 Å². The molecule has 0 radical (unpaired) electrons. The van der Waals surface area contributed by atoms with Gasteiger partial charge >= 0.3 is 0 Å². The Morgan fingerprint density at radius 2 is 1.02 bits per heavy atom. The fourth-order valence-corrected chi connectivity index (χ4v) is 7.49. The minimum atomic E-state index is 0.273. The molecular formula is C42H29N. The summed E-state index contributed by atoms with van der Waals surface area (Å²) in [6.07, 6.45) is 9.12. The van der Waals surface area contributed by atoms with Gasteiger partial charge in [-0.25, -0.2) is 0 Å². The van der Waals surface area contributed by atoms with Gasteiger partial charge in [0.2, 0.25) is 0 Å². The molecule has 1 aliphatic heterocycles. The maximum atomic E-state index is 2.51. The molecule has 1 aliphatic carbocycles. The molecule has 0 fully saturated rings. The molecule has 43 heavy (non-hydrogen) atoms. The first-order valence-electron chi connectivity index (χ1n) is 15.1. The summed E-state index contributed by atoms with van der Waals surface area (Å²) in [4.78, 5) is 2.51. The van der Waals surface area contributed by atoms with E-state index < -0.39 is 0 Å². The van der Waals surface area contributed by atoms with Gasteiger partial charge in [-0.3, -0.25) is 0 Å². The van der Waals surface area contributed by atoms with E-state index in [1.165, 1.54) is 71.5 Å². The molecule has 0 saturated heterocycles. The molecule has 202 valence electrons. The van der Waals surface area contributed by atoms with Crippen LogP contribution in [-0.2, 0) is 0 Å². The van der Waals surface area contributed by atoms with Crippen molar-refractivity contribution < 1.29 is 0 Å². The molecule has 0 saturated carbocycles. The smallest absolute Gasteiger partial charge is 0.0629 e. The largest absolute Gasteiger partial charge is 0.333 e. The van der Waals surface area contributed by atoms with Crippen LogP contribution < -0.4 is 4.90 Å². The van der Waals surface area contributed by atoms with Gasteiger partial charge in [-0.15, -0.1) is 0 Å². The van der Waals surface area contributed by atoms with E-state index in [-0.39, 0.29) is 6.04 Å². The van der Waals surface area contributed by atoms with E-state index in [0.717, 1.165) is 0 Å². The molecular weight excluding hydrogens is 518 g/mol. The van der Waals surface area contributed by atoms with E-state index in [4.69, 9.17) is 0 Å². The van der Waals surface area contributed by atoms with Crippen molar-refractivity contribution in [1.29, 1.82) is 0 Å². The highest BCUT2D eigenvalue weighted by atomic mass is 15.2. The molecule has 9 rings (SSSR count). The summed E-state index contributed by atoms with van der Waals surface area (Å²) in [7, 11) is 0. The SMILES string of the molecule is C1=CC2c3c(-c4cccc(-c5ccc6c7ccccc7c7ccccc7c6c5)c4)cccc3N(c3ccccc3)C2C=C1. The average Bonchev–Trinajstić information content (AvgIpc) is 3.43. The second kappa shape index (κ2) is 9.58. The molecule has 1 heteroatoms. The lowest BCUT2D eigenvalue weighted by molar-refractivity contribution is 0.745. The zero-order valence-corrected chi connectivity index (χ0v) is 23.7. The van der Waals surface area contributed by atoms with E-state index in [1.807, 2.05) is 0 Å². The molecule has 2 unspecified atom stereocenters. The molecule has 1 heterocycles. The fourth-order valence-electron chi connectivity index (χ4n) is 7.49. The average molecular weight is 548 g/mol. The summed E-state index contributed by atoms with van der Waals surface area (Å²) < 4.78 is 0. The van der Waals surface area contributed by atoms with E-state index in [9.17, 15) is 0 Å². The van der Waals surface area contributed by atoms with Crippen molar-refractivity contribution in [2.45, 2.75) is 12.0 Å². The standard InChI is InChI=1S/C42H29N/c1-2-14-31(15-3-1)43-40-22-9-8-20-38(40)42-32(21-11-23-41(42)43)30-13-10-12-28(26-30)29-24-25-37-35-18-5-4-16-33(35)34-17-6-7-19-36(34)39(37)27-29/h1-27,38,40H. The van der Waals surface area contributed by atoms with Crippen LogP contribution in [0.25, 0.3) is 54.6 Å². The summed E-state index contributed by atoms with van der Waals surface area (Å²) in [6.45, 7) is 0. The van der Waals surface area contributed by atoms with Crippen molar-refractivity contribution in [3.8, 4) is 22.3 Å². The first-order valence-corrected chi connectivity index (χ1v) is 15.1. The summed E-state index contributed by atoms with van der Waals surface area (Å²) >= 11 is 0. The maximum absolute atomic E-state index is 2.51. The van der Waals surface area contributed by atoms with Crippen molar-refractivity contribution in [2.75, 3.05) is 4.90 Å². The molecule has 1 nitrogen and oxygen atoms in total. The number of hydrogen-bond donors (Lipinski definition) is 0. The van der Waals surface area contributed by atoms with Crippen molar-refractivity contribution >= 4 is 43.7 Å². The third kappa shape index (κ3) is 3.72. The van der Waals surface area contributed by atoms with Gasteiger partial charge in [0.25, 0.3) is 0 Å². The van der Waals surface area contributed by atoms with Crippen LogP contribution in [0.3, 0.4) is 0 Å². The van der Waals surface area contributed by atoms with E-state index >= 15 is 0 Å². The molecule has 0 N–H and O–H groups in total. The number of rotatable bonds is 3. The van der Waals surface area contributed by atoms with Gasteiger partial charge in [0, 0.05) is 17.3 Å². The van der Waals surface area contributed by atoms with Crippen molar-refractivity contribution in [2.24, 2.45) is 0 Å². The third-order valence-corrected chi connectivity index (χ3v) is 9.37. The number of allylic oxidation sites excluding steroid dienone is 2. The number of para-hydroxylation sites is 1. The van der Waals surface area contributed by atoms with Crippen LogP contribution >= 0.6 is 0 Å². The van der Waals surface area contributed by atoms with Gasteiger partial charge in [-0.1, -0.05) is 133 Å². The van der Waals surface area contributed by atoms with Crippen molar-refractivity contribution in [3.05, 3.63) is 169 Å². The minimum absolute atomic E-state index is 0.273.